The Kier molecular flexibility index (Phi) is 5.82. The topological polar surface area (TPSA) is 78.3 Å². The summed E-state index contributed by atoms with van der Waals surface area (Å²) in [6, 6.07) is 7.17. The highest BCUT2D eigenvalue weighted by Crippen LogP contribution is 2.36. The third kappa shape index (κ3) is 3.70. The maximum absolute atomic E-state index is 12.8. The molecule has 1 aromatic carbocycles. The van der Waals surface area contributed by atoms with Crippen LogP contribution in [0.1, 0.15) is 25.5 Å². The minimum Gasteiger partial charge on any atom is -0.497 e. The van der Waals surface area contributed by atoms with Crippen LogP contribution in [0.15, 0.2) is 41.9 Å². The molecule has 0 saturated heterocycles. The Bertz CT molecular complexity index is 818. The average Bonchev–Trinajstić information content (AvgIpc) is 3.11. The van der Waals surface area contributed by atoms with Crippen LogP contribution in [0.5, 0.6) is 5.75 Å². The molecular weight excluding hydrogens is 352 g/mol. The number of hydrogen-bond acceptors (Lipinski definition) is 7. The molecule has 0 bridgehead atoms. The summed E-state index contributed by atoms with van der Waals surface area (Å²) in [6.45, 7) is 4.31. The largest absolute Gasteiger partial charge is 0.497 e. The molecule has 0 amide bonds. The van der Waals surface area contributed by atoms with Crippen LogP contribution in [0.2, 0.25) is 0 Å². The predicted molar refractivity (Wildman–Crippen MR) is 101 cm³/mol. The number of nitrogens with one attached hydrogen (secondary N) is 1. The molecule has 0 fully saturated rings. The lowest BCUT2D eigenvalue weighted by atomic mass is 9.95. The van der Waals surface area contributed by atoms with Crippen molar-refractivity contribution >= 4 is 23.7 Å². The second kappa shape index (κ2) is 8.27. The number of carbonyl (C=O) groups is 1. The van der Waals surface area contributed by atoms with Crippen LogP contribution in [-0.4, -0.2) is 46.0 Å². The predicted octanol–water partition coefficient (Wildman–Crippen LogP) is 2.87. The quantitative estimate of drug-likeness (QED) is 0.590. The van der Waals surface area contributed by atoms with Gasteiger partial charge in [-0.25, -0.2) is 9.48 Å². The van der Waals surface area contributed by atoms with E-state index >= 15 is 0 Å². The van der Waals surface area contributed by atoms with E-state index in [-0.39, 0.29) is 5.97 Å². The molecule has 7 nitrogen and oxygen atoms in total. The molecule has 1 aromatic heterocycles. The van der Waals surface area contributed by atoms with Crippen LogP contribution >= 0.6 is 11.8 Å². The van der Waals surface area contributed by atoms with Crippen molar-refractivity contribution in [2.45, 2.75) is 19.9 Å². The van der Waals surface area contributed by atoms with Crippen LogP contribution in [0.3, 0.4) is 0 Å². The van der Waals surface area contributed by atoms with Gasteiger partial charge in [-0.15, -0.1) is 0 Å². The zero-order valence-corrected chi connectivity index (χ0v) is 15.9. The summed E-state index contributed by atoms with van der Waals surface area (Å²) in [7, 11) is 1.62. The standard InChI is InChI=1S/C18H22N4O3S/c1-4-26-9-8-25-17(23)15-12(2)21-18-19-11-20-22(18)16(15)13-6-5-7-14(10-13)24-3/h5-7,10-11,16H,4,8-9H2,1-3H3,(H,19,20,21)/t16-/m1/s1. The highest BCUT2D eigenvalue weighted by molar-refractivity contribution is 7.99. The third-order valence-electron chi connectivity index (χ3n) is 4.09. The van der Waals surface area contributed by atoms with E-state index in [4.69, 9.17) is 9.47 Å². The molecule has 138 valence electrons. The molecule has 0 unspecified atom stereocenters. The van der Waals surface area contributed by atoms with Crippen LogP contribution in [-0.2, 0) is 9.53 Å². The summed E-state index contributed by atoms with van der Waals surface area (Å²) >= 11 is 1.74. The van der Waals surface area contributed by atoms with E-state index in [9.17, 15) is 4.79 Å². The second-order valence-corrected chi connectivity index (χ2v) is 7.10. The Balaban J connectivity index is 1.95. The maximum Gasteiger partial charge on any atom is 0.338 e. The molecule has 2 heterocycles. The molecule has 1 aliphatic heterocycles. The summed E-state index contributed by atoms with van der Waals surface area (Å²) in [6.07, 6.45) is 1.47. The normalized spacial score (nSPS) is 16.0. The van der Waals surface area contributed by atoms with E-state index in [1.54, 1.807) is 23.6 Å². The van der Waals surface area contributed by atoms with Gasteiger partial charge in [-0.1, -0.05) is 19.1 Å². The number of hydrogen-bond donors (Lipinski definition) is 1. The minimum atomic E-state index is -0.421. The van der Waals surface area contributed by atoms with Crippen molar-refractivity contribution in [3.05, 3.63) is 47.4 Å². The number of esters is 1. The molecule has 3 rings (SSSR count). The first-order chi connectivity index (χ1) is 12.7. The number of benzene rings is 1. The first-order valence-corrected chi connectivity index (χ1v) is 9.57. The zero-order chi connectivity index (χ0) is 18.5. The van der Waals surface area contributed by atoms with Crippen molar-refractivity contribution in [2.24, 2.45) is 0 Å². The highest BCUT2D eigenvalue weighted by Gasteiger charge is 2.34. The van der Waals surface area contributed by atoms with Crippen molar-refractivity contribution in [3.63, 3.8) is 0 Å². The molecule has 0 aliphatic carbocycles. The number of aromatic nitrogens is 3. The fourth-order valence-corrected chi connectivity index (χ4v) is 3.38. The van der Waals surface area contributed by atoms with E-state index in [0.717, 1.165) is 17.1 Å². The number of nitrogens with zero attached hydrogens (tertiary/aromatic N) is 3. The molecule has 0 spiro atoms. The summed E-state index contributed by atoms with van der Waals surface area (Å²) in [5.74, 6) is 2.73. The van der Waals surface area contributed by atoms with Gasteiger partial charge in [0.25, 0.3) is 0 Å². The van der Waals surface area contributed by atoms with E-state index in [1.165, 1.54) is 6.33 Å². The Morgan fingerprint density at radius 3 is 3.04 bits per heavy atom. The molecule has 2 aromatic rings. The number of carbonyl (C=O) groups excluding carboxylic acids is 1. The number of ether oxygens (including phenoxy) is 2. The van der Waals surface area contributed by atoms with Crippen molar-refractivity contribution in [2.75, 3.05) is 30.5 Å². The van der Waals surface area contributed by atoms with Crippen molar-refractivity contribution in [1.82, 2.24) is 14.8 Å². The van der Waals surface area contributed by atoms with Gasteiger partial charge in [0.1, 0.15) is 24.7 Å². The Hall–Kier alpha value is -2.48. The summed E-state index contributed by atoms with van der Waals surface area (Å²) in [4.78, 5) is 17.0. The smallest absolute Gasteiger partial charge is 0.338 e. The van der Waals surface area contributed by atoms with E-state index < -0.39 is 6.04 Å². The Morgan fingerprint density at radius 1 is 1.42 bits per heavy atom. The number of anilines is 1. The van der Waals surface area contributed by atoms with Gasteiger partial charge in [0.05, 0.1) is 12.7 Å². The highest BCUT2D eigenvalue weighted by atomic mass is 32.2. The van der Waals surface area contributed by atoms with Crippen LogP contribution in [0.25, 0.3) is 0 Å². The lowest BCUT2D eigenvalue weighted by Gasteiger charge is -2.28. The molecule has 8 heteroatoms. The number of methoxy groups -OCH3 is 1. The van der Waals surface area contributed by atoms with Gasteiger partial charge in [-0.2, -0.15) is 21.8 Å². The molecule has 1 atom stereocenters. The first-order valence-electron chi connectivity index (χ1n) is 8.41. The number of thioether (sulfide) groups is 1. The Morgan fingerprint density at radius 2 is 2.27 bits per heavy atom. The van der Waals surface area contributed by atoms with Gasteiger partial charge in [-0.05, 0) is 30.4 Å². The van der Waals surface area contributed by atoms with Gasteiger partial charge >= 0.3 is 5.97 Å². The van der Waals surface area contributed by atoms with Crippen LogP contribution in [0.4, 0.5) is 5.95 Å². The summed E-state index contributed by atoms with van der Waals surface area (Å²) in [5.41, 5.74) is 2.12. The summed E-state index contributed by atoms with van der Waals surface area (Å²) in [5, 5.41) is 7.44. The van der Waals surface area contributed by atoms with Gasteiger partial charge in [0.15, 0.2) is 0 Å². The minimum absolute atomic E-state index is 0.347. The van der Waals surface area contributed by atoms with Crippen molar-refractivity contribution in [1.29, 1.82) is 0 Å². The monoisotopic (exact) mass is 374 g/mol. The van der Waals surface area contributed by atoms with Gasteiger partial charge in [0.2, 0.25) is 5.95 Å². The van der Waals surface area contributed by atoms with Crippen molar-refractivity contribution < 1.29 is 14.3 Å². The van der Waals surface area contributed by atoms with Gasteiger partial charge in [-0.3, -0.25) is 0 Å². The van der Waals surface area contributed by atoms with Crippen LogP contribution in [0, 0.1) is 0 Å². The zero-order valence-electron chi connectivity index (χ0n) is 15.1. The average molecular weight is 374 g/mol. The number of rotatable bonds is 7. The summed E-state index contributed by atoms with van der Waals surface area (Å²) < 4.78 is 12.5. The maximum atomic E-state index is 12.8. The van der Waals surface area contributed by atoms with Crippen molar-refractivity contribution in [3.8, 4) is 5.75 Å². The molecule has 0 saturated carbocycles. The molecular formula is C18H22N4O3S. The third-order valence-corrected chi connectivity index (χ3v) is 4.95. The SMILES string of the molecule is CCSCCOC(=O)C1=C(C)Nc2ncnn2[C@@H]1c1cccc(OC)c1. The fourth-order valence-electron chi connectivity index (χ4n) is 2.89. The molecule has 1 N–H and O–H groups in total. The van der Waals surface area contributed by atoms with Gasteiger partial charge in [0, 0.05) is 11.4 Å². The lowest BCUT2D eigenvalue weighted by molar-refractivity contribution is -0.138. The second-order valence-electron chi connectivity index (χ2n) is 5.70. The Labute approximate surface area is 156 Å². The first kappa shape index (κ1) is 18.3. The van der Waals surface area contributed by atoms with E-state index in [1.807, 2.05) is 31.2 Å². The van der Waals surface area contributed by atoms with Gasteiger partial charge < -0.3 is 14.8 Å². The fraction of sp³-hybridized carbons (Fsp3) is 0.389. The number of fused-ring (bicyclic) bond motifs is 1. The molecule has 1 aliphatic rings. The lowest BCUT2D eigenvalue weighted by Crippen LogP contribution is -2.30. The number of allylic oxidation sites excluding steroid dienone is 1. The molecule has 26 heavy (non-hydrogen) atoms. The molecule has 0 radical (unpaired) electrons. The van der Waals surface area contributed by atoms with E-state index in [0.29, 0.717) is 29.6 Å². The van der Waals surface area contributed by atoms with Crippen LogP contribution < -0.4 is 10.1 Å². The van der Waals surface area contributed by atoms with E-state index in [2.05, 4.69) is 22.3 Å².